The molecule has 9 heteroatoms. The van der Waals surface area contributed by atoms with E-state index in [2.05, 4.69) is 36.0 Å². The fourth-order valence-electron chi connectivity index (χ4n) is 6.50. The lowest BCUT2D eigenvalue weighted by atomic mass is 10.0. The third-order valence-corrected chi connectivity index (χ3v) is 9.76. The Morgan fingerprint density at radius 3 is 1.67 bits per heavy atom. The molecule has 0 amide bonds. The first-order chi connectivity index (χ1) is 25.4. The van der Waals surface area contributed by atoms with Gasteiger partial charge in [0, 0.05) is 33.5 Å². The second-order valence-electron chi connectivity index (χ2n) is 15.0. The number of nitriles is 1. The van der Waals surface area contributed by atoms with Crippen LogP contribution in [-0.4, -0.2) is 80.7 Å². The Morgan fingerprint density at radius 2 is 1.08 bits per heavy atom. The number of nitrogens with one attached hydrogen (secondary N) is 1. The van der Waals surface area contributed by atoms with Crippen molar-refractivity contribution in [1.29, 1.82) is 5.26 Å². The smallest absolute Gasteiger partial charge is 0.306 e. The molecule has 0 heterocycles. The summed E-state index contributed by atoms with van der Waals surface area (Å²) in [4.78, 5) is 33.7. The zero-order valence-electron chi connectivity index (χ0n) is 34.8. The van der Waals surface area contributed by atoms with Gasteiger partial charge in [-0.3, -0.25) is 19.9 Å². The number of carbonyl (C=O) groups is 2. The molecule has 0 saturated heterocycles. The molecule has 0 fully saturated rings. The summed E-state index contributed by atoms with van der Waals surface area (Å²) < 4.78 is 11.4. The van der Waals surface area contributed by atoms with Gasteiger partial charge in [0.2, 0.25) is 5.96 Å². The number of rotatable bonds is 37. The van der Waals surface area contributed by atoms with Crippen LogP contribution in [0.4, 0.5) is 0 Å². The normalized spacial score (nSPS) is 12.1. The molecule has 1 unspecified atom stereocenters. The maximum atomic E-state index is 12.6. The Labute approximate surface area is 321 Å². The molecule has 9 nitrogen and oxygen atoms in total. The van der Waals surface area contributed by atoms with Crippen LogP contribution in [0.5, 0.6) is 0 Å². The predicted octanol–water partition coefficient (Wildman–Crippen LogP) is 10.7. The van der Waals surface area contributed by atoms with E-state index in [-0.39, 0.29) is 18.0 Å². The maximum absolute atomic E-state index is 12.6. The van der Waals surface area contributed by atoms with Gasteiger partial charge in [-0.25, -0.2) is 0 Å². The highest BCUT2D eigenvalue weighted by molar-refractivity contribution is 5.80. The molecule has 0 aromatic carbocycles. The minimum Gasteiger partial charge on any atom is -0.466 e. The minimum absolute atomic E-state index is 0.00928. The molecule has 0 spiro atoms. The van der Waals surface area contributed by atoms with Crippen molar-refractivity contribution in [2.24, 2.45) is 4.99 Å². The second kappa shape index (κ2) is 38.4. The van der Waals surface area contributed by atoms with Crippen LogP contribution in [0.1, 0.15) is 201 Å². The number of unbranched alkanes of at least 4 members (excludes halogenated alkanes) is 18. The van der Waals surface area contributed by atoms with Crippen LogP contribution in [0.2, 0.25) is 0 Å². The highest BCUT2D eigenvalue weighted by Crippen LogP contribution is 2.17. The first kappa shape index (κ1) is 49.7. The SMILES string of the molecule is CCCCCCCCCCOC(=O)CCCCCN(CCCCCCCC(=O)OC(CCCCC)CCCCCC)CCCN=C(NC#N)N(C)C. The highest BCUT2D eigenvalue weighted by Gasteiger charge is 2.14. The molecule has 0 aliphatic carbocycles. The molecule has 52 heavy (non-hydrogen) atoms. The summed E-state index contributed by atoms with van der Waals surface area (Å²) in [5.74, 6) is 0.527. The van der Waals surface area contributed by atoms with Gasteiger partial charge in [-0.15, -0.1) is 0 Å². The van der Waals surface area contributed by atoms with E-state index in [1.54, 1.807) is 0 Å². The van der Waals surface area contributed by atoms with E-state index in [1.807, 2.05) is 25.2 Å². The topological polar surface area (TPSA) is 107 Å². The number of hydrogen-bond donors (Lipinski definition) is 1. The first-order valence-electron chi connectivity index (χ1n) is 21.8. The van der Waals surface area contributed by atoms with E-state index < -0.39 is 0 Å². The van der Waals surface area contributed by atoms with E-state index in [9.17, 15) is 9.59 Å². The first-order valence-corrected chi connectivity index (χ1v) is 21.8. The van der Waals surface area contributed by atoms with Crippen molar-refractivity contribution in [3.8, 4) is 6.19 Å². The number of carbonyl (C=O) groups excluding carboxylic acids is 2. The lowest BCUT2D eigenvalue weighted by molar-refractivity contribution is -0.150. The van der Waals surface area contributed by atoms with E-state index in [1.165, 1.54) is 70.6 Å². The van der Waals surface area contributed by atoms with Crippen LogP contribution in [0, 0.1) is 11.5 Å². The van der Waals surface area contributed by atoms with Gasteiger partial charge in [0.1, 0.15) is 6.10 Å². The molecule has 0 aromatic heterocycles. The van der Waals surface area contributed by atoms with Crippen molar-refractivity contribution < 1.29 is 19.1 Å². The van der Waals surface area contributed by atoms with Gasteiger partial charge >= 0.3 is 11.9 Å². The lowest BCUT2D eigenvalue weighted by Gasteiger charge is -2.22. The Balaban J connectivity index is 4.45. The quantitative estimate of drug-likeness (QED) is 0.0168. The summed E-state index contributed by atoms with van der Waals surface area (Å²) >= 11 is 0. The summed E-state index contributed by atoms with van der Waals surface area (Å²) in [6.07, 6.45) is 32.8. The fraction of sp³-hybridized carbons (Fsp3) is 0.907. The second-order valence-corrected chi connectivity index (χ2v) is 15.0. The van der Waals surface area contributed by atoms with Crippen molar-refractivity contribution >= 4 is 17.9 Å². The summed E-state index contributed by atoms with van der Waals surface area (Å²) in [5, 5.41) is 11.7. The van der Waals surface area contributed by atoms with Gasteiger partial charge < -0.3 is 19.3 Å². The Morgan fingerprint density at radius 1 is 0.615 bits per heavy atom. The minimum atomic E-state index is -0.0530. The molecule has 0 saturated carbocycles. The Kier molecular flexibility index (Phi) is 36.7. The van der Waals surface area contributed by atoms with Crippen molar-refractivity contribution in [2.45, 2.75) is 207 Å². The monoisotopic (exact) mass is 734 g/mol. The molecular formula is C43H83N5O4. The van der Waals surface area contributed by atoms with Crippen molar-refractivity contribution in [3.63, 3.8) is 0 Å². The summed E-state index contributed by atoms with van der Waals surface area (Å²) in [6, 6.07) is 0. The highest BCUT2D eigenvalue weighted by atomic mass is 16.5. The van der Waals surface area contributed by atoms with Gasteiger partial charge in [-0.1, -0.05) is 124 Å². The number of aliphatic imine (C=N–C) groups is 1. The zero-order chi connectivity index (χ0) is 38.3. The molecule has 0 rings (SSSR count). The molecule has 304 valence electrons. The molecule has 0 bridgehead atoms. The number of esters is 2. The van der Waals surface area contributed by atoms with Crippen LogP contribution < -0.4 is 5.32 Å². The van der Waals surface area contributed by atoms with Crippen LogP contribution in [0.15, 0.2) is 4.99 Å². The fourth-order valence-corrected chi connectivity index (χ4v) is 6.50. The Hall–Kier alpha value is -2.34. The van der Waals surface area contributed by atoms with E-state index in [0.717, 1.165) is 116 Å². The van der Waals surface area contributed by atoms with Crippen LogP contribution in [-0.2, 0) is 19.1 Å². The van der Waals surface area contributed by atoms with Crippen LogP contribution >= 0.6 is 0 Å². The molecule has 0 aliphatic rings. The molecule has 0 aromatic rings. The van der Waals surface area contributed by atoms with Gasteiger partial charge in [-0.2, -0.15) is 5.26 Å². The number of hydrogen-bond acceptors (Lipinski definition) is 7. The largest absolute Gasteiger partial charge is 0.466 e. The summed E-state index contributed by atoms with van der Waals surface area (Å²) in [5.41, 5.74) is 0. The molecule has 1 N–H and O–H groups in total. The standard InChI is InChI=1S/C43H83N5O4/c1-6-9-12-14-15-16-20-28-38-51-41(49)32-25-21-27-36-48(37-29-34-45-43(46-39-44)47(4)5)35-26-19-17-18-24-33-42(50)52-40(30-22-11-8-3)31-23-13-10-7-2/h40H,6-38H2,1-5H3,(H,45,46). The third-order valence-electron chi connectivity index (χ3n) is 9.76. The van der Waals surface area contributed by atoms with E-state index >= 15 is 0 Å². The van der Waals surface area contributed by atoms with Crippen molar-refractivity contribution in [2.75, 3.05) is 46.9 Å². The molecule has 1 atom stereocenters. The maximum Gasteiger partial charge on any atom is 0.306 e. The lowest BCUT2D eigenvalue weighted by Crippen LogP contribution is -2.34. The van der Waals surface area contributed by atoms with Crippen LogP contribution in [0.25, 0.3) is 0 Å². The van der Waals surface area contributed by atoms with Gasteiger partial charge in [0.25, 0.3) is 0 Å². The van der Waals surface area contributed by atoms with E-state index in [0.29, 0.717) is 32.0 Å². The number of guanidine groups is 1. The van der Waals surface area contributed by atoms with Gasteiger partial charge in [0.05, 0.1) is 6.61 Å². The molecule has 0 radical (unpaired) electrons. The third kappa shape index (κ3) is 33.5. The molecule has 0 aliphatic heterocycles. The zero-order valence-corrected chi connectivity index (χ0v) is 34.8. The average molecular weight is 734 g/mol. The number of ether oxygens (including phenoxy) is 2. The summed E-state index contributed by atoms with van der Waals surface area (Å²) in [7, 11) is 3.76. The molecular weight excluding hydrogens is 651 g/mol. The van der Waals surface area contributed by atoms with E-state index in [4.69, 9.17) is 14.7 Å². The Bertz CT molecular complexity index is 891. The predicted molar refractivity (Wildman–Crippen MR) is 218 cm³/mol. The van der Waals surface area contributed by atoms with Gasteiger partial charge in [0.15, 0.2) is 6.19 Å². The number of nitrogens with zero attached hydrogens (tertiary/aromatic N) is 4. The average Bonchev–Trinajstić information content (AvgIpc) is 3.12. The van der Waals surface area contributed by atoms with Crippen LogP contribution in [0.3, 0.4) is 0 Å². The van der Waals surface area contributed by atoms with Gasteiger partial charge in [-0.05, 0) is 83.8 Å². The van der Waals surface area contributed by atoms with Crippen molar-refractivity contribution in [1.82, 2.24) is 15.1 Å². The summed E-state index contributed by atoms with van der Waals surface area (Å²) in [6.45, 7) is 10.9. The van der Waals surface area contributed by atoms with Crippen molar-refractivity contribution in [3.05, 3.63) is 0 Å².